The molecule has 0 spiro atoms. The molecule has 7 nitrogen and oxygen atoms in total. The standard InChI is InChI=1S/C13H16BrNO6S/c1-8(2)15(7-12(16)17)22(19,20)11-5-9(13(18)21-3)4-10(14)6-11/h4-6,8H,7H2,1-3H3,(H,16,17). The molecule has 0 aliphatic carbocycles. The van der Waals surface area contributed by atoms with Crippen molar-refractivity contribution in [3.05, 3.63) is 28.2 Å². The summed E-state index contributed by atoms with van der Waals surface area (Å²) in [5.41, 5.74) is 0.0504. The first-order chi connectivity index (χ1) is 10.1. The van der Waals surface area contributed by atoms with Gasteiger partial charge in [0.2, 0.25) is 10.0 Å². The molecular formula is C13H16BrNO6S. The van der Waals surface area contributed by atoms with Gasteiger partial charge in [0.05, 0.1) is 17.6 Å². The fourth-order valence-electron chi connectivity index (χ4n) is 1.76. The first-order valence-electron chi connectivity index (χ1n) is 6.22. The molecule has 0 heterocycles. The largest absolute Gasteiger partial charge is 0.480 e. The van der Waals surface area contributed by atoms with E-state index in [2.05, 4.69) is 20.7 Å². The second-order valence-corrected chi connectivity index (χ2v) is 7.51. The molecule has 0 aliphatic heterocycles. The van der Waals surface area contributed by atoms with Crippen LogP contribution in [0.25, 0.3) is 0 Å². The number of ether oxygens (including phenoxy) is 1. The lowest BCUT2D eigenvalue weighted by atomic mass is 10.2. The predicted octanol–water partition coefficient (Wildman–Crippen LogP) is 1.72. The number of esters is 1. The van der Waals surface area contributed by atoms with E-state index in [-0.39, 0.29) is 10.5 Å². The Morgan fingerprint density at radius 3 is 2.36 bits per heavy atom. The summed E-state index contributed by atoms with van der Waals surface area (Å²) in [6, 6.07) is 3.32. The van der Waals surface area contributed by atoms with E-state index >= 15 is 0 Å². The highest BCUT2D eigenvalue weighted by Gasteiger charge is 2.30. The molecular weight excluding hydrogens is 378 g/mol. The van der Waals surface area contributed by atoms with Crippen molar-refractivity contribution < 1.29 is 27.9 Å². The van der Waals surface area contributed by atoms with Crippen LogP contribution < -0.4 is 0 Å². The number of nitrogens with zero attached hydrogens (tertiary/aromatic N) is 1. The summed E-state index contributed by atoms with van der Waals surface area (Å²) in [7, 11) is -2.88. The highest BCUT2D eigenvalue weighted by Crippen LogP contribution is 2.24. The van der Waals surface area contributed by atoms with Crippen LogP contribution in [0.1, 0.15) is 24.2 Å². The Balaban J connectivity index is 3.40. The van der Waals surface area contributed by atoms with Gasteiger partial charge >= 0.3 is 11.9 Å². The Kier molecular flexibility index (Phi) is 6.09. The molecule has 0 saturated carbocycles. The Morgan fingerprint density at radius 1 is 1.32 bits per heavy atom. The van der Waals surface area contributed by atoms with E-state index in [1.54, 1.807) is 13.8 Å². The molecule has 22 heavy (non-hydrogen) atoms. The number of rotatable bonds is 6. The Labute approximate surface area is 137 Å². The van der Waals surface area contributed by atoms with Crippen LogP contribution in [0.4, 0.5) is 0 Å². The quantitative estimate of drug-likeness (QED) is 0.738. The Hall–Kier alpha value is -1.45. The number of hydrogen-bond donors (Lipinski definition) is 1. The van der Waals surface area contributed by atoms with Gasteiger partial charge < -0.3 is 9.84 Å². The minimum atomic E-state index is -4.07. The molecule has 0 aliphatic rings. The zero-order valence-corrected chi connectivity index (χ0v) is 14.6. The number of aliphatic carboxylic acids is 1. The van der Waals surface area contributed by atoms with Crippen LogP contribution in [0.3, 0.4) is 0 Å². The summed E-state index contributed by atoms with van der Waals surface area (Å²) >= 11 is 3.13. The van der Waals surface area contributed by atoms with Crippen molar-refractivity contribution in [3.8, 4) is 0 Å². The second-order valence-electron chi connectivity index (χ2n) is 4.70. The van der Waals surface area contributed by atoms with E-state index < -0.39 is 34.5 Å². The zero-order valence-electron chi connectivity index (χ0n) is 12.2. The van der Waals surface area contributed by atoms with Gasteiger partial charge in [0.25, 0.3) is 0 Å². The Bertz CT molecular complexity index is 686. The minimum absolute atomic E-state index is 0.0504. The maximum Gasteiger partial charge on any atom is 0.337 e. The summed E-state index contributed by atoms with van der Waals surface area (Å²) in [6.45, 7) is 2.47. The molecule has 122 valence electrons. The molecule has 0 fully saturated rings. The predicted molar refractivity (Wildman–Crippen MR) is 82.1 cm³/mol. The van der Waals surface area contributed by atoms with Crippen LogP contribution in [0.5, 0.6) is 0 Å². The van der Waals surface area contributed by atoms with Crippen molar-refractivity contribution in [2.24, 2.45) is 0 Å². The topological polar surface area (TPSA) is 101 Å². The highest BCUT2D eigenvalue weighted by molar-refractivity contribution is 9.10. The van der Waals surface area contributed by atoms with Gasteiger partial charge in [-0.2, -0.15) is 4.31 Å². The molecule has 9 heteroatoms. The number of carboxylic acids is 1. The van der Waals surface area contributed by atoms with Gasteiger partial charge in [-0.25, -0.2) is 13.2 Å². The molecule has 1 rings (SSSR count). The smallest absolute Gasteiger partial charge is 0.337 e. The van der Waals surface area contributed by atoms with E-state index in [1.807, 2.05) is 0 Å². The first-order valence-corrected chi connectivity index (χ1v) is 8.45. The van der Waals surface area contributed by atoms with Crippen molar-refractivity contribution in [3.63, 3.8) is 0 Å². The van der Waals surface area contributed by atoms with Gasteiger partial charge in [-0.15, -0.1) is 0 Å². The van der Waals surface area contributed by atoms with Crippen molar-refractivity contribution in [1.29, 1.82) is 0 Å². The molecule has 1 N–H and O–H groups in total. The van der Waals surface area contributed by atoms with Crippen LogP contribution >= 0.6 is 15.9 Å². The third-order valence-electron chi connectivity index (χ3n) is 2.77. The maximum atomic E-state index is 12.6. The maximum absolute atomic E-state index is 12.6. The average molecular weight is 394 g/mol. The van der Waals surface area contributed by atoms with Gasteiger partial charge in [0.15, 0.2) is 0 Å². The van der Waals surface area contributed by atoms with E-state index in [4.69, 9.17) is 5.11 Å². The monoisotopic (exact) mass is 393 g/mol. The molecule has 0 unspecified atom stereocenters. The number of methoxy groups -OCH3 is 1. The second kappa shape index (κ2) is 7.21. The number of carboxylic acid groups (broad SMARTS) is 1. The number of halogens is 1. The number of hydrogen-bond acceptors (Lipinski definition) is 5. The van der Waals surface area contributed by atoms with Crippen molar-refractivity contribution in [2.75, 3.05) is 13.7 Å². The van der Waals surface area contributed by atoms with Crippen molar-refractivity contribution in [1.82, 2.24) is 4.31 Å². The number of carbonyl (C=O) groups is 2. The summed E-state index contributed by atoms with van der Waals surface area (Å²) in [4.78, 5) is 22.3. The molecule has 0 aromatic heterocycles. The highest BCUT2D eigenvalue weighted by atomic mass is 79.9. The van der Waals surface area contributed by atoms with Crippen molar-refractivity contribution in [2.45, 2.75) is 24.8 Å². The van der Waals surface area contributed by atoms with Gasteiger partial charge in [-0.3, -0.25) is 4.79 Å². The lowest BCUT2D eigenvalue weighted by molar-refractivity contribution is -0.137. The SMILES string of the molecule is COC(=O)c1cc(Br)cc(S(=O)(=O)N(CC(=O)O)C(C)C)c1. The zero-order chi connectivity index (χ0) is 17.1. The van der Waals surface area contributed by atoms with E-state index in [0.29, 0.717) is 4.47 Å². The summed E-state index contributed by atoms with van der Waals surface area (Å²) in [6.07, 6.45) is 0. The van der Waals surface area contributed by atoms with E-state index in [0.717, 1.165) is 10.4 Å². The van der Waals surface area contributed by atoms with E-state index in [1.165, 1.54) is 19.2 Å². The molecule has 1 aromatic carbocycles. The van der Waals surface area contributed by atoms with Crippen LogP contribution in [0.15, 0.2) is 27.6 Å². The summed E-state index contributed by atoms with van der Waals surface area (Å²) in [5, 5.41) is 8.89. The molecule has 1 aromatic rings. The molecule has 0 atom stereocenters. The molecule has 0 radical (unpaired) electrons. The third-order valence-corrected chi connectivity index (χ3v) is 5.22. The third kappa shape index (κ3) is 4.28. The molecule has 0 bridgehead atoms. The lowest BCUT2D eigenvalue weighted by Gasteiger charge is -2.24. The van der Waals surface area contributed by atoms with Gasteiger partial charge in [-0.05, 0) is 32.0 Å². The Morgan fingerprint density at radius 2 is 1.91 bits per heavy atom. The molecule has 0 amide bonds. The fourth-order valence-corrected chi connectivity index (χ4v) is 4.06. The number of carbonyl (C=O) groups excluding carboxylic acids is 1. The van der Waals surface area contributed by atoms with Crippen LogP contribution in [-0.4, -0.2) is 49.5 Å². The van der Waals surface area contributed by atoms with Crippen LogP contribution in [-0.2, 0) is 19.6 Å². The minimum Gasteiger partial charge on any atom is -0.480 e. The first kappa shape index (κ1) is 18.6. The fraction of sp³-hybridized carbons (Fsp3) is 0.385. The van der Waals surface area contributed by atoms with Crippen LogP contribution in [0.2, 0.25) is 0 Å². The summed E-state index contributed by atoms with van der Waals surface area (Å²) in [5.74, 6) is -1.95. The van der Waals surface area contributed by atoms with Crippen molar-refractivity contribution >= 4 is 37.9 Å². The number of benzene rings is 1. The van der Waals surface area contributed by atoms with Gasteiger partial charge in [0.1, 0.15) is 6.54 Å². The normalized spacial score (nSPS) is 11.7. The van der Waals surface area contributed by atoms with Gasteiger partial charge in [-0.1, -0.05) is 15.9 Å². The van der Waals surface area contributed by atoms with Gasteiger partial charge in [0, 0.05) is 10.5 Å². The lowest BCUT2D eigenvalue weighted by Crippen LogP contribution is -2.40. The summed E-state index contributed by atoms with van der Waals surface area (Å²) < 4.78 is 31.0. The van der Waals surface area contributed by atoms with Crippen LogP contribution in [0, 0.1) is 0 Å². The average Bonchev–Trinajstić information content (AvgIpc) is 2.42. The molecule has 0 saturated heterocycles. The van der Waals surface area contributed by atoms with E-state index in [9.17, 15) is 18.0 Å². The number of sulfonamides is 1.